The van der Waals surface area contributed by atoms with Gasteiger partial charge in [0.2, 0.25) is 5.88 Å². The van der Waals surface area contributed by atoms with Crippen molar-refractivity contribution in [1.29, 1.82) is 0 Å². The standard InChI is InChI=1S/C16H29NO3Si/c1-11(2)21(12(3)4,13(5)6)20-14-9-10-15(18-7)17-16(14)19-8/h9-13H,1-8H3. The van der Waals surface area contributed by atoms with Gasteiger partial charge in [-0.25, -0.2) is 0 Å². The van der Waals surface area contributed by atoms with Crippen LogP contribution in [0.1, 0.15) is 41.5 Å². The van der Waals surface area contributed by atoms with E-state index in [0.717, 1.165) is 5.75 Å². The second-order valence-corrected chi connectivity index (χ2v) is 11.7. The predicted molar refractivity (Wildman–Crippen MR) is 89.0 cm³/mol. The lowest BCUT2D eigenvalue weighted by Crippen LogP contribution is -2.50. The van der Waals surface area contributed by atoms with Crippen molar-refractivity contribution >= 4 is 8.32 Å². The average Bonchev–Trinajstić information content (AvgIpc) is 2.43. The van der Waals surface area contributed by atoms with Crippen LogP contribution >= 0.6 is 0 Å². The maximum absolute atomic E-state index is 6.60. The molecular weight excluding hydrogens is 282 g/mol. The number of nitrogens with zero attached hydrogens (tertiary/aromatic N) is 1. The Morgan fingerprint density at radius 1 is 0.857 bits per heavy atom. The van der Waals surface area contributed by atoms with Gasteiger partial charge < -0.3 is 13.9 Å². The van der Waals surface area contributed by atoms with E-state index in [0.29, 0.717) is 28.4 Å². The van der Waals surface area contributed by atoms with E-state index in [1.807, 2.05) is 12.1 Å². The Labute approximate surface area is 130 Å². The monoisotopic (exact) mass is 311 g/mol. The van der Waals surface area contributed by atoms with Gasteiger partial charge in [0.25, 0.3) is 14.2 Å². The van der Waals surface area contributed by atoms with Crippen LogP contribution in [0, 0.1) is 0 Å². The minimum absolute atomic E-state index is 0.494. The van der Waals surface area contributed by atoms with Gasteiger partial charge in [-0.2, -0.15) is 4.98 Å². The van der Waals surface area contributed by atoms with Gasteiger partial charge >= 0.3 is 0 Å². The zero-order valence-electron chi connectivity index (χ0n) is 14.6. The lowest BCUT2D eigenvalue weighted by Gasteiger charge is -2.42. The number of aromatic nitrogens is 1. The van der Waals surface area contributed by atoms with Gasteiger partial charge in [0, 0.05) is 6.07 Å². The summed E-state index contributed by atoms with van der Waals surface area (Å²) in [5, 5.41) is 0. The summed E-state index contributed by atoms with van der Waals surface area (Å²) in [7, 11) is 1.20. The second kappa shape index (κ2) is 7.16. The number of methoxy groups -OCH3 is 2. The Balaban J connectivity index is 3.26. The molecule has 5 heteroatoms. The maximum atomic E-state index is 6.60. The second-order valence-electron chi connectivity index (χ2n) is 6.28. The summed E-state index contributed by atoms with van der Waals surface area (Å²) < 4.78 is 17.1. The summed E-state index contributed by atoms with van der Waals surface area (Å²) >= 11 is 0. The van der Waals surface area contributed by atoms with Crippen molar-refractivity contribution in [2.45, 2.75) is 58.2 Å². The lowest BCUT2D eigenvalue weighted by atomic mass is 10.4. The number of rotatable bonds is 7. The molecule has 0 fully saturated rings. The quantitative estimate of drug-likeness (QED) is 0.687. The van der Waals surface area contributed by atoms with Gasteiger partial charge in [-0.05, 0) is 22.7 Å². The molecule has 0 N–H and O–H groups in total. The van der Waals surface area contributed by atoms with Gasteiger partial charge in [0.05, 0.1) is 14.2 Å². The van der Waals surface area contributed by atoms with Crippen LogP contribution in [0.2, 0.25) is 16.6 Å². The average molecular weight is 311 g/mol. The molecule has 1 aromatic heterocycles. The molecule has 0 aromatic carbocycles. The van der Waals surface area contributed by atoms with Gasteiger partial charge in [0.15, 0.2) is 5.75 Å². The topological polar surface area (TPSA) is 40.6 Å². The van der Waals surface area contributed by atoms with Crippen LogP contribution in [0.25, 0.3) is 0 Å². The van der Waals surface area contributed by atoms with Crippen molar-refractivity contribution in [2.24, 2.45) is 0 Å². The predicted octanol–water partition coefficient (Wildman–Crippen LogP) is 4.65. The Bertz CT molecular complexity index is 439. The summed E-state index contributed by atoms with van der Waals surface area (Å²) in [6.45, 7) is 13.6. The first-order valence-electron chi connectivity index (χ1n) is 7.57. The third kappa shape index (κ3) is 3.51. The van der Waals surface area contributed by atoms with Crippen molar-refractivity contribution in [3.63, 3.8) is 0 Å². The number of pyridine rings is 1. The van der Waals surface area contributed by atoms with E-state index in [-0.39, 0.29) is 0 Å². The molecule has 0 atom stereocenters. The summed E-state index contributed by atoms with van der Waals surface area (Å²) in [5.41, 5.74) is 1.51. The van der Waals surface area contributed by atoms with Crippen molar-refractivity contribution in [3.8, 4) is 17.5 Å². The maximum Gasteiger partial charge on any atom is 0.259 e. The minimum Gasteiger partial charge on any atom is -0.539 e. The molecule has 0 saturated heterocycles. The highest BCUT2D eigenvalue weighted by molar-refractivity contribution is 6.78. The van der Waals surface area contributed by atoms with E-state index >= 15 is 0 Å². The molecule has 0 saturated carbocycles. The normalized spacial score (nSPS) is 12.1. The van der Waals surface area contributed by atoms with Crippen LogP contribution in [-0.2, 0) is 0 Å². The molecular formula is C16H29NO3Si. The largest absolute Gasteiger partial charge is 0.539 e. The Morgan fingerprint density at radius 2 is 1.38 bits per heavy atom. The highest BCUT2D eigenvalue weighted by atomic mass is 28.4. The lowest BCUT2D eigenvalue weighted by molar-refractivity contribution is 0.346. The van der Waals surface area contributed by atoms with Gasteiger partial charge in [0.1, 0.15) is 0 Å². The molecule has 0 aliphatic carbocycles. The SMILES string of the molecule is COc1ccc(O[Si](C(C)C)(C(C)C)C(C)C)c(OC)n1. The zero-order chi connectivity index (χ0) is 16.2. The van der Waals surface area contributed by atoms with E-state index < -0.39 is 8.32 Å². The van der Waals surface area contributed by atoms with E-state index in [1.54, 1.807) is 14.2 Å². The Kier molecular flexibility index (Phi) is 6.07. The van der Waals surface area contributed by atoms with E-state index in [4.69, 9.17) is 13.9 Å². The van der Waals surface area contributed by atoms with Crippen LogP contribution in [0.3, 0.4) is 0 Å². The van der Waals surface area contributed by atoms with Crippen molar-refractivity contribution < 1.29 is 13.9 Å². The van der Waals surface area contributed by atoms with E-state index in [9.17, 15) is 0 Å². The first-order valence-corrected chi connectivity index (χ1v) is 9.71. The molecule has 0 spiro atoms. The molecule has 0 radical (unpaired) electrons. The molecule has 0 amide bonds. The van der Waals surface area contributed by atoms with Gasteiger partial charge in [-0.1, -0.05) is 41.5 Å². The molecule has 0 unspecified atom stereocenters. The van der Waals surface area contributed by atoms with Crippen molar-refractivity contribution in [1.82, 2.24) is 4.98 Å². The minimum atomic E-state index is -2.00. The molecule has 1 heterocycles. The molecule has 120 valence electrons. The Morgan fingerprint density at radius 3 is 1.76 bits per heavy atom. The van der Waals surface area contributed by atoms with Crippen LogP contribution in [0.4, 0.5) is 0 Å². The molecule has 0 aliphatic rings. The van der Waals surface area contributed by atoms with Crippen LogP contribution in [0.15, 0.2) is 12.1 Å². The third-order valence-electron chi connectivity index (χ3n) is 4.20. The van der Waals surface area contributed by atoms with Gasteiger partial charge in [-0.3, -0.25) is 0 Å². The highest BCUT2D eigenvalue weighted by Gasteiger charge is 2.47. The summed E-state index contributed by atoms with van der Waals surface area (Å²) in [6.07, 6.45) is 0. The van der Waals surface area contributed by atoms with Crippen LogP contribution in [-0.4, -0.2) is 27.5 Å². The molecule has 21 heavy (non-hydrogen) atoms. The van der Waals surface area contributed by atoms with Gasteiger partial charge in [-0.15, -0.1) is 0 Å². The fraction of sp³-hybridized carbons (Fsp3) is 0.688. The smallest absolute Gasteiger partial charge is 0.259 e. The number of hydrogen-bond acceptors (Lipinski definition) is 4. The first kappa shape index (κ1) is 17.8. The third-order valence-corrected chi connectivity index (χ3v) is 10.2. The summed E-state index contributed by atoms with van der Waals surface area (Å²) in [5.74, 6) is 1.75. The van der Waals surface area contributed by atoms with Crippen molar-refractivity contribution in [2.75, 3.05) is 14.2 Å². The molecule has 0 bridgehead atoms. The molecule has 1 aromatic rings. The summed E-state index contributed by atoms with van der Waals surface area (Å²) in [6, 6.07) is 3.72. The molecule has 1 rings (SSSR count). The zero-order valence-corrected chi connectivity index (χ0v) is 15.6. The first-order chi connectivity index (χ1) is 9.79. The molecule has 4 nitrogen and oxygen atoms in total. The summed E-state index contributed by atoms with van der Waals surface area (Å²) in [4.78, 5) is 4.32. The number of ether oxygens (including phenoxy) is 2. The fourth-order valence-electron chi connectivity index (χ4n) is 3.29. The van der Waals surface area contributed by atoms with E-state index in [2.05, 4.69) is 46.5 Å². The fourth-order valence-corrected chi connectivity index (χ4v) is 8.54. The van der Waals surface area contributed by atoms with Crippen molar-refractivity contribution in [3.05, 3.63) is 12.1 Å². The van der Waals surface area contributed by atoms with E-state index in [1.165, 1.54) is 0 Å². The molecule has 0 aliphatic heterocycles. The van der Waals surface area contributed by atoms with Crippen LogP contribution < -0.4 is 13.9 Å². The highest BCUT2D eigenvalue weighted by Crippen LogP contribution is 2.44. The number of hydrogen-bond donors (Lipinski definition) is 0. The Hall–Kier alpha value is -1.23. The van der Waals surface area contributed by atoms with Crippen LogP contribution in [0.5, 0.6) is 17.5 Å².